The van der Waals surface area contributed by atoms with Crippen LogP contribution < -0.4 is 5.73 Å². The van der Waals surface area contributed by atoms with Crippen molar-refractivity contribution in [2.45, 2.75) is 19.4 Å². The number of fused-ring (bicyclic) bond motifs is 1. The first kappa shape index (κ1) is 10.6. The van der Waals surface area contributed by atoms with Gasteiger partial charge < -0.3 is 10.8 Å². The minimum atomic E-state index is -1.01. The average molecular weight is 219 g/mol. The number of carboxylic acid groups (broad SMARTS) is 1. The highest BCUT2D eigenvalue weighted by Gasteiger charge is 2.14. The van der Waals surface area contributed by atoms with Gasteiger partial charge in [-0.25, -0.2) is 4.52 Å². The zero-order chi connectivity index (χ0) is 11.7. The number of hydrogen-bond donors (Lipinski definition) is 2. The monoisotopic (exact) mass is 219 g/mol. The van der Waals surface area contributed by atoms with Crippen molar-refractivity contribution in [1.82, 2.24) is 9.61 Å². The molecule has 0 fully saturated rings. The van der Waals surface area contributed by atoms with Crippen LogP contribution in [0.25, 0.3) is 5.52 Å². The van der Waals surface area contributed by atoms with E-state index in [1.165, 1.54) is 0 Å². The second-order valence-corrected chi connectivity index (χ2v) is 3.86. The third kappa shape index (κ3) is 2.04. The second-order valence-electron chi connectivity index (χ2n) is 3.86. The van der Waals surface area contributed by atoms with Crippen molar-refractivity contribution in [3.8, 4) is 0 Å². The fraction of sp³-hybridized carbons (Fsp3) is 0.273. The van der Waals surface area contributed by atoms with Crippen LogP contribution in [-0.4, -0.2) is 26.7 Å². The van der Waals surface area contributed by atoms with Gasteiger partial charge in [0.25, 0.3) is 0 Å². The van der Waals surface area contributed by atoms with Gasteiger partial charge in [-0.2, -0.15) is 5.10 Å². The molecule has 0 bridgehead atoms. The second kappa shape index (κ2) is 3.94. The summed E-state index contributed by atoms with van der Waals surface area (Å²) in [7, 11) is 0. The van der Waals surface area contributed by atoms with Crippen LogP contribution in [0.1, 0.15) is 11.3 Å². The standard InChI is InChI=1S/C11H13N3O2/c1-7-2-3-9-4-8(13-14(9)6-7)5-10(12)11(15)16/h2-4,6,10H,5,12H2,1H3,(H,15,16). The van der Waals surface area contributed by atoms with Gasteiger partial charge in [0, 0.05) is 12.6 Å². The molecule has 5 heteroatoms. The lowest BCUT2D eigenvalue weighted by atomic mass is 10.2. The van der Waals surface area contributed by atoms with Gasteiger partial charge in [-0.1, -0.05) is 6.07 Å². The van der Waals surface area contributed by atoms with Crippen molar-refractivity contribution in [3.05, 3.63) is 35.7 Å². The molecule has 0 saturated heterocycles. The van der Waals surface area contributed by atoms with Gasteiger partial charge in [-0.05, 0) is 24.6 Å². The van der Waals surface area contributed by atoms with Crippen LogP contribution >= 0.6 is 0 Å². The first-order valence-electron chi connectivity index (χ1n) is 4.99. The highest BCUT2D eigenvalue weighted by atomic mass is 16.4. The Kier molecular flexibility index (Phi) is 2.62. The molecule has 0 aliphatic rings. The van der Waals surface area contributed by atoms with Gasteiger partial charge in [-0.15, -0.1) is 0 Å². The zero-order valence-corrected chi connectivity index (χ0v) is 8.92. The summed E-state index contributed by atoms with van der Waals surface area (Å²) in [5.74, 6) is -1.01. The number of aliphatic carboxylic acids is 1. The Balaban J connectivity index is 2.29. The average Bonchev–Trinajstić information content (AvgIpc) is 2.58. The van der Waals surface area contributed by atoms with Crippen LogP contribution in [0.3, 0.4) is 0 Å². The summed E-state index contributed by atoms with van der Waals surface area (Å²) in [4.78, 5) is 10.6. The molecular formula is C11H13N3O2. The fourth-order valence-corrected chi connectivity index (χ4v) is 1.55. The SMILES string of the molecule is Cc1ccc2cc(CC(N)C(=O)O)nn2c1. The van der Waals surface area contributed by atoms with Crippen LogP contribution in [0.2, 0.25) is 0 Å². The number of rotatable bonds is 3. The molecule has 1 unspecified atom stereocenters. The number of pyridine rings is 1. The highest BCUT2D eigenvalue weighted by molar-refractivity contribution is 5.73. The molecular weight excluding hydrogens is 206 g/mol. The van der Waals surface area contributed by atoms with Crippen LogP contribution in [0, 0.1) is 6.92 Å². The maximum absolute atomic E-state index is 10.6. The fourth-order valence-electron chi connectivity index (χ4n) is 1.55. The number of hydrogen-bond acceptors (Lipinski definition) is 3. The number of aromatic nitrogens is 2. The summed E-state index contributed by atoms with van der Waals surface area (Å²) < 4.78 is 1.74. The Bertz CT molecular complexity index is 533. The predicted octanol–water partition coefficient (Wildman–Crippen LogP) is 0.597. The van der Waals surface area contributed by atoms with E-state index < -0.39 is 12.0 Å². The molecule has 16 heavy (non-hydrogen) atoms. The summed E-state index contributed by atoms with van der Waals surface area (Å²) in [6, 6.07) is 4.88. The number of aryl methyl sites for hydroxylation is 1. The van der Waals surface area contributed by atoms with Crippen molar-refractivity contribution >= 4 is 11.5 Å². The zero-order valence-electron chi connectivity index (χ0n) is 8.92. The van der Waals surface area contributed by atoms with E-state index in [1.54, 1.807) is 4.52 Å². The molecule has 2 aromatic rings. The van der Waals surface area contributed by atoms with Gasteiger partial charge in [-0.3, -0.25) is 4.79 Å². The largest absolute Gasteiger partial charge is 0.480 e. The number of carboxylic acids is 1. The van der Waals surface area contributed by atoms with Gasteiger partial charge >= 0.3 is 5.97 Å². The molecule has 0 radical (unpaired) electrons. The summed E-state index contributed by atoms with van der Waals surface area (Å²) in [5, 5.41) is 13.0. The number of nitrogens with zero attached hydrogens (tertiary/aromatic N) is 2. The van der Waals surface area contributed by atoms with E-state index >= 15 is 0 Å². The van der Waals surface area contributed by atoms with Gasteiger partial charge in [0.1, 0.15) is 6.04 Å². The quantitative estimate of drug-likeness (QED) is 0.792. The number of nitrogens with two attached hydrogens (primary N) is 1. The Labute approximate surface area is 92.5 Å². The Hall–Kier alpha value is -1.88. The van der Waals surface area contributed by atoms with Gasteiger partial charge in [0.2, 0.25) is 0 Å². The molecule has 3 N–H and O–H groups in total. The first-order chi connectivity index (χ1) is 7.56. The normalized spacial score (nSPS) is 12.9. The topological polar surface area (TPSA) is 80.6 Å². The van der Waals surface area contributed by atoms with Crippen molar-refractivity contribution < 1.29 is 9.90 Å². The Morgan fingerprint density at radius 1 is 1.62 bits per heavy atom. The van der Waals surface area contributed by atoms with E-state index in [-0.39, 0.29) is 6.42 Å². The Morgan fingerprint density at radius 2 is 2.38 bits per heavy atom. The lowest BCUT2D eigenvalue weighted by Crippen LogP contribution is -2.32. The molecule has 1 atom stereocenters. The first-order valence-corrected chi connectivity index (χ1v) is 4.99. The molecule has 84 valence electrons. The molecule has 0 saturated carbocycles. The van der Waals surface area contributed by atoms with Crippen molar-refractivity contribution in [3.63, 3.8) is 0 Å². The third-order valence-corrected chi connectivity index (χ3v) is 2.40. The number of carbonyl (C=O) groups is 1. The van der Waals surface area contributed by atoms with Crippen LogP contribution in [-0.2, 0) is 11.2 Å². The Morgan fingerprint density at radius 3 is 3.06 bits per heavy atom. The van der Waals surface area contributed by atoms with Crippen molar-refractivity contribution in [2.75, 3.05) is 0 Å². The van der Waals surface area contributed by atoms with E-state index in [0.29, 0.717) is 5.69 Å². The van der Waals surface area contributed by atoms with Crippen LogP contribution in [0.15, 0.2) is 24.4 Å². The molecule has 0 aromatic carbocycles. The van der Waals surface area contributed by atoms with E-state index in [0.717, 1.165) is 11.1 Å². The van der Waals surface area contributed by atoms with Gasteiger partial charge in [0.05, 0.1) is 11.2 Å². The van der Waals surface area contributed by atoms with Crippen molar-refractivity contribution in [1.29, 1.82) is 0 Å². The molecule has 2 heterocycles. The molecule has 2 rings (SSSR count). The molecule has 0 aliphatic heterocycles. The molecule has 0 spiro atoms. The molecule has 5 nitrogen and oxygen atoms in total. The predicted molar refractivity (Wildman–Crippen MR) is 59.2 cm³/mol. The van der Waals surface area contributed by atoms with E-state index in [9.17, 15) is 4.79 Å². The third-order valence-electron chi connectivity index (χ3n) is 2.40. The summed E-state index contributed by atoms with van der Waals surface area (Å²) >= 11 is 0. The minimum absolute atomic E-state index is 0.246. The minimum Gasteiger partial charge on any atom is -0.480 e. The van der Waals surface area contributed by atoms with Gasteiger partial charge in [0.15, 0.2) is 0 Å². The van der Waals surface area contributed by atoms with E-state index in [4.69, 9.17) is 10.8 Å². The summed E-state index contributed by atoms with van der Waals surface area (Å²) in [6.07, 6.45) is 2.14. The maximum atomic E-state index is 10.6. The van der Waals surface area contributed by atoms with Crippen LogP contribution in [0.5, 0.6) is 0 Å². The summed E-state index contributed by atoms with van der Waals surface area (Å²) in [5.41, 5.74) is 8.19. The molecule has 0 aliphatic carbocycles. The highest BCUT2D eigenvalue weighted by Crippen LogP contribution is 2.09. The molecule has 2 aromatic heterocycles. The summed E-state index contributed by atoms with van der Waals surface area (Å²) in [6.45, 7) is 1.98. The van der Waals surface area contributed by atoms with E-state index in [1.807, 2.05) is 31.3 Å². The molecule has 0 amide bonds. The van der Waals surface area contributed by atoms with Crippen LogP contribution in [0.4, 0.5) is 0 Å². The van der Waals surface area contributed by atoms with Crippen molar-refractivity contribution in [2.24, 2.45) is 5.73 Å². The lowest BCUT2D eigenvalue weighted by Gasteiger charge is -2.01. The van der Waals surface area contributed by atoms with E-state index in [2.05, 4.69) is 5.10 Å². The lowest BCUT2D eigenvalue weighted by molar-refractivity contribution is -0.138. The maximum Gasteiger partial charge on any atom is 0.320 e. The smallest absolute Gasteiger partial charge is 0.320 e.